The average molecular weight is 391 g/mol. The molecule has 0 radical (unpaired) electrons. The van der Waals surface area contributed by atoms with E-state index in [1.54, 1.807) is 30.2 Å². The third-order valence-electron chi connectivity index (χ3n) is 6.10. The molecule has 7 heteroatoms. The number of carbonyl (C=O) groups excluding carboxylic acids is 2. The normalized spacial score (nSPS) is 20.8. The summed E-state index contributed by atoms with van der Waals surface area (Å²) in [5.74, 6) is 0.705. The Morgan fingerprint density at radius 1 is 1.07 bits per heavy atom. The molecule has 7 nitrogen and oxygen atoms in total. The monoisotopic (exact) mass is 391 g/mol. The molecular weight excluding hydrogens is 370 g/mol. The summed E-state index contributed by atoms with van der Waals surface area (Å²) in [5.41, 5.74) is 2.19. The van der Waals surface area contributed by atoms with Crippen LogP contribution >= 0.6 is 0 Å². The Labute approximate surface area is 167 Å². The van der Waals surface area contributed by atoms with Gasteiger partial charge in [0, 0.05) is 23.5 Å². The van der Waals surface area contributed by atoms with Crippen molar-refractivity contribution in [3.63, 3.8) is 0 Å². The highest BCUT2D eigenvalue weighted by atomic mass is 16.5. The van der Waals surface area contributed by atoms with E-state index in [0.29, 0.717) is 30.2 Å². The first-order valence-electron chi connectivity index (χ1n) is 9.49. The van der Waals surface area contributed by atoms with Gasteiger partial charge in [0.15, 0.2) is 5.54 Å². The van der Waals surface area contributed by atoms with Crippen LogP contribution in [0.3, 0.4) is 0 Å². The van der Waals surface area contributed by atoms with E-state index in [4.69, 9.17) is 9.47 Å². The maximum absolute atomic E-state index is 13.7. The first kappa shape index (κ1) is 17.6. The summed E-state index contributed by atoms with van der Waals surface area (Å²) in [7, 11) is 3.06. The number of carbonyl (C=O) groups is 2. The smallest absolute Gasteiger partial charge is 0.332 e. The third-order valence-corrected chi connectivity index (χ3v) is 6.10. The second-order valence-corrected chi connectivity index (χ2v) is 7.46. The van der Waals surface area contributed by atoms with Crippen LogP contribution in [0.4, 0.5) is 10.5 Å². The van der Waals surface area contributed by atoms with Crippen LogP contribution < -0.4 is 14.4 Å². The number of urea groups is 1. The van der Waals surface area contributed by atoms with E-state index >= 15 is 0 Å². The lowest BCUT2D eigenvalue weighted by Gasteiger charge is -2.35. The van der Waals surface area contributed by atoms with Crippen molar-refractivity contribution in [3.05, 3.63) is 53.7 Å². The molecule has 1 aromatic heterocycles. The maximum atomic E-state index is 13.7. The molecule has 5 rings (SSSR count). The average Bonchev–Trinajstić information content (AvgIpc) is 3.22. The Hall–Kier alpha value is -3.48. The molecule has 1 fully saturated rings. The van der Waals surface area contributed by atoms with Crippen molar-refractivity contribution >= 4 is 28.5 Å². The van der Waals surface area contributed by atoms with E-state index in [9.17, 15) is 9.59 Å². The number of nitrogens with one attached hydrogen (secondary N) is 1. The number of hydrogen-bond donors (Lipinski definition) is 1. The van der Waals surface area contributed by atoms with E-state index < -0.39 is 5.54 Å². The number of amides is 3. The molecule has 3 heterocycles. The van der Waals surface area contributed by atoms with Gasteiger partial charge in [-0.05, 0) is 37.1 Å². The molecule has 3 aromatic rings. The van der Waals surface area contributed by atoms with Crippen LogP contribution in [0.15, 0.2) is 42.5 Å². The van der Waals surface area contributed by atoms with Crippen molar-refractivity contribution in [1.82, 2.24) is 9.88 Å². The second-order valence-electron chi connectivity index (χ2n) is 7.46. The molecule has 0 aliphatic carbocycles. The van der Waals surface area contributed by atoms with Gasteiger partial charge in [0.2, 0.25) is 0 Å². The third kappa shape index (κ3) is 2.18. The lowest BCUT2D eigenvalue weighted by molar-refractivity contribution is -0.125. The van der Waals surface area contributed by atoms with E-state index in [1.807, 2.05) is 25.1 Å². The fraction of sp³-hybridized carbons (Fsp3) is 0.273. The molecule has 3 amide bonds. The quantitative estimate of drug-likeness (QED) is 0.694. The van der Waals surface area contributed by atoms with Crippen LogP contribution in [0.2, 0.25) is 0 Å². The van der Waals surface area contributed by atoms with Crippen LogP contribution in [-0.4, -0.2) is 42.6 Å². The number of hydrogen-bond acceptors (Lipinski definition) is 4. The fourth-order valence-electron chi connectivity index (χ4n) is 4.57. The van der Waals surface area contributed by atoms with Crippen molar-refractivity contribution in [1.29, 1.82) is 0 Å². The number of ether oxygens (including phenoxy) is 2. The van der Waals surface area contributed by atoms with Crippen LogP contribution in [0.1, 0.15) is 18.2 Å². The van der Waals surface area contributed by atoms with Gasteiger partial charge in [0.05, 0.1) is 25.6 Å². The van der Waals surface area contributed by atoms with Crippen LogP contribution in [-0.2, 0) is 16.8 Å². The van der Waals surface area contributed by atoms with Gasteiger partial charge in [-0.25, -0.2) is 9.69 Å². The summed E-state index contributed by atoms with van der Waals surface area (Å²) >= 11 is 0. The summed E-state index contributed by atoms with van der Waals surface area (Å²) < 4.78 is 10.7. The minimum atomic E-state index is -1.09. The fourth-order valence-corrected chi connectivity index (χ4v) is 4.57. The molecule has 1 atom stereocenters. The highest BCUT2D eigenvalue weighted by Crippen LogP contribution is 2.47. The molecule has 0 saturated carbocycles. The van der Waals surface area contributed by atoms with E-state index in [1.165, 1.54) is 12.0 Å². The summed E-state index contributed by atoms with van der Waals surface area (Å²) in [4.78, 5) is 33.3. The van der Waals surface area contributed by atoms with Gasteiger partial charge in [-0.1, -0.05) is 18.2 Å². The number of anilines is 1. The summed E-state index contributed by atoms with van der Waals surface area (Å²) in [6.45, 7) is 2.29. The largest absolute Gasteiger partial charge is 0.497 e. The number of imide groups is 1. The number of rotatable bonds is 3. The summed E-state index contributed by atoms with van der Waals surface area (Å²) in [6.07, 6.45) is 0.696. The molecule has 0 bridgehead atoms. The predicted molar refractivity (Wildman–Crippen MR) is 108 cm³/mol. The number of benzene rings is 2. The van der Waals surface area contributed by atoms with Gasteiger partial charge in [0.25, 0.3) is 5.91 Å². The van der Waals surface area contributed by atoms with Crippen molar-refractivity contribution in [2.24, 2.45) is 0 Å². The van der Waals surface area contributed by atoms with E-state index in [0.717, 1.165) is 22.2 Å². The number of aromatic nitrogens is 1. The number of aromatic amines is 1. The second kappa shape index (κ2) is 6.01. The molecule has 1 N–H and O–H groups in total. The van der Waals surface area contributed by atoms with Crippen molar-refractivity contribution in [2.45, 2.75) is 18.9 Å². The zero-order valence-electron chi connectivity index (χ0n) is 16.5. The first-order valence-corrected chi connectivity index (χ1v) is 9.49. The van der Waals surface area contributed by atoms with E-state index in [-0.39, 0.29) is 11.9 Å². The van der Waals surface area contributed by atoms with Gasteiger partial charge in [0.1, 0.15) is 11.5 Å². The van der Waals surface area contributed by atoms with Gasteiger partial charge < -0.3 is 19.4 Å². The SMILES string of the molecule is COc1ccc(N2C(=O)N3CCc4c([nH]c5ccccc45)[C@@]3(C)C2=O)c(OC)c1. The van der Waals surface area contributed by atoms with Crippen LogP contribution in [0.5, 0.6) is 11.5 Å². The van der Waals surface area contributed by atoms with Crippen molar-refractivity contribution in [3.8, 4) is 11.5 Å². The first-order chi connectivity index (χ1) is 14.0. The Bertz CT molecular complexity index is 1170. The standard InChI is InChI=1S/C22H21N3O4/c1-22-19-15(14-6-4-5-7-16(14)23-19)10-11-24(22)21(27)25(20(22)26)17-9-8-13(28-2)12-18(17)29-3/h4-9,12,23H,10-11H2,1-3H3/t22-/m0/s1. The van der Waals surface area contributed by atoms with Crippen LogP contribution in [0, 0.1) is 0 Å². The summed E-state index contributed by atoms with van der Waals surface area (Å²) in [5, 5.41) is 1.10. The molecule has 2 aliphatic rings. The van der Waals surface area contributed by atoms with Gasteiger partial charge in [-0.2, -0.15) is 0 Å². The Morgan fingerprint density at radius 2 is 1.86 bits per heavy atom. The number of fused-ring (bicyclic) bond motifs is 5. The number of para-hydroxylation sites is 1. The molecule has 148 valence electrons. The molecule has 0 spiro atoms. The highest BCUT2D eigenvalue weighted by molar-refractivity contribution is 6.24. The number of methoxy groups -OCH3 is 2. The Kier molecular flexibility index (Phi) is 3.65. The minimum Gasteiger partial charge on any atom is -0.497 e. The molecule has 1 saturated heterocycles. The highest BCUT2D eigenvalue weighted by Gasteiger charge is 2.59. The zero-order chi connectivity index (χ0) is 20.3. The molecular formula is C22H21N3O4. The lowest BCUT2D eigenvalue weighted by atomic mass is 9.87. The van der Waals surface area contributed by atoms with Gasteiger partial charge >= 0.3 is 6.03 Å². The minimum absolute atomic E-state index is 0.293. The predicted octanol–water partition coefficient (Wildman–Crippen LogP) is 3.43. The maximum Gasteiger partial charge on any atom is 0.332 e. The van der Waals surface area contributed by atoms with E-state index in [2.05, 4.69) is 11.1 Å². The van der Waals surface area contributed by atoms with Gasteiger partial charge in [-0.15, -0.1) is 0 Å². The molecule has 0 unspecified atom stereocenters. The molecule has 29 heavy (non-hydrogen) atoms. The molecule has 2 aromatic carbocycles. The zero-order valence-corrected chi connectivity index (χ0v) is 16.5. The lowest BCUT2D eigenvalue weighted by Crippen LogP contribution is -2.49. The van der Waals surface area contributed by atoms with Crippen LogP contribution in [0.25, 0.3) is 10.9 Å². The van der Waals surface area contributed by atoms with Crippen molar-refractivity contribution < 1.29 is 19.1 Å². The topological polar surface area (TPSA) is 74.9 Å². The Morgan fingerprint density at radius 3 is 2.62 bits per heavy atom. The summed E-state index contributed by atoms with van der Waals surface area (Å²) in [6, 6.07) is 12.7. The Balaban J connectivity index is 1.67. The number of H-pyrrole nitrogens is 1. The van der Waals surface area contributed by atoms with Gasteiger partial charge in [-0.3, -0.25) is 4.79 Å². The molecule has 2 aliphatic heterocycles. The number of nitrogens with zero attached hydrogens (tertiary/aromatic N) is 2. The van der Waals surface area contributed by atoms with Crippen molar-refractivity contribution in [2.75, 3.05) is 25.7 Å².